The number of ether oxygens (including phenoxy) is 2. The number of amides is 1. The van der Waals surface area contributed by atoms with E-state index in [9.17, 15) is 13.2 Å². The summed E-state index contributed by atoms with van der Waals surface area (Å²) in [7, 11) is -3.76. The maximum absolute atomic E-state index is 12.4. The topological polar surface area (TPSA) is 111 Å². The van der Waals surface area contributed by atoms with E-state index in [0.717, 1.165) is 5.56 Å². The van der Waals surface area contributed by atoms with E-state index in [1.54, 1.807) is 17.9 Å². The summed E-state index contributed by atoms with van der Waals surface area (Å²) in [5, 5.41) is 3.66. The Hall–Kier alpha value is -2.59. The molecule has 1 aliphatic heterocycles. The first kappa shape index (κ1) is 19.2. The van der Waals surface area contributed by atoms with Gasteiger partial charge in [0, 0.05) is 26.6 Å². The molecule has 0 bridgehead atoms. The predicted molar refractivity (Wildman–Crippen MR) is 94.8 cm³/mol. The van der Waals surface area contributed by atoms with Crippen molar-refractivity contribution in [2.75, 3.05) is 19.9 Å². The van der Waals surface area contributed by atoms with Gasteiger partial charge in [-0.1, -0.05) is 11.2 Å². The Labute approximate surface area is 157 Å². The van der Waals surface area contributed by atoms with E-state index < -0.39 is 10.0 Å². The van der Waals surface area contributed by atoms with Crippen molar-refractivity contribution < 1.29 is 27.2 Å². The smallest absolute Gasteiger partial charge is 0.246 e. The highest BCUT2D eigenvalue weighted by atomic mass is 32.2. The normalized spacial score (nSPS) is 13.0. The summed E-state index contributed by atoms with van der Waals surface area (Å²) in [5.41, 5.74) is 1.16. The van der Waals surface area contributed by atoms with E-state index >= 15 is 0 Å². The number of hydrogen-bond donors (Lipinski definition) is 1. The maximum atomic E-state index is 12.4. The second-order valence-electron chi connectivity index (χ2n) is 6.18. The third-order valence-electron chi connectivity index (χ3n) is 4.17. The minimum absolute atomic E-state index is 0.0349. The number of nitrogens with one attached hydrogen (secondary N) is 1. The van der Waals surface area contributed by atoms with Crippen LogP contribution in [0.4, 0.5) is 0 Å². The summed E-state index contributed by atoms with van der Waals surface area (Å²) < 4.78 is 42.9. The molecule has 3 rings (SSSR count). The number of aryl methyl sites for hydroxylation is 2. The lowest BCUT2D eigenvalue weighted by Gasteiger charge is -2.21. The van der Waals surface area contributed by atoms with Gasteiger partial charge in [0.05, 0.1) is 0 Å². The Bertz CT molecular complexity index is 934. The molecule has 0 atom stereocenters. The lowest BCUT2D eigenvalue weighted by atomic mass is 10.2. The molecule has 2 heterocycles. The average Bonchev–Trinajstić information content (AvgIpc) is 3.19. The van der Waals surface area contributed by atoms with Gasteiger partial charge in [-0.3, -0.25) is 4.79 Å². The second kappa shape index (κ2) is 7.57. The van der Waals surface area contributed by atoms with Gasteiger partial charge in [0.15, 0.2) is 17.3 Å². The predicted octanol–water partition coefficient (Wildman–Crippen LogP) is 1.35. The fourth-order valence-electron chi connectivity index (χ4n) is 2.85. The SMILES string of the molecule is CC(=O)N(CCNS(=O)(=O)c1c(C)noc1C)Cc1ccc2c(c1)OCO2. The molecule has 27 heavy (non-hydrogen) atoms. The molecule has 1 amide bonds. The molecule has 1 aromatic heterocycles. The standard InChI is InChI=1S/C17H21N3O6S/c1-11-17(12(2)26-19-11)27(22,23)18-6-7-20(13(3)21)9-14-4-5-15-16(8-14)25-10-24-15/h4-5,8,18H,6-7,9-10H2,1-3H3. The third kappa shape index (κ3) is 4.22. The Morgan fingerprint density at radius 1 is 1.26 bits per heavy atom. The molecule has 146 valence electrons. The van der Waals surface area contributed by atoms with Gasteiger partial charge in [-0.05, 0) is 31.5 Å². The van der Waals surface area contributed by atoms with E-state index in [4.69, 9.17) is 14.0 Å². The zero-order valence-corrected chi connectivity index (χ0v) is 16.1. The quantitative estimate of drug-likeness (QED) is 0.753. The summed E-state index contributed by atoms with van der Waals surface area (Å²) in [4.78, 5) is 13.5. The fraction of sp³-hybridized carbons (Fsp3) is 0.412. The van der Waals surface area contributed by atoms with Crippen LogP contribution in [0.15, 0.2) is 27.6 Å². The molecule has 0 unspecified atom stereocenters. The number of fused-ring (bicyclic) bond motifs is 1. The van der Waals surface area contributed by atoms with Crippen molar-refractivity contribution in [3.05, 3.63) is 35.2 Å². The molecule has 0 saturated heterocycles. The Kier molecular flexibility index (Phi) is 5.38. The summed E-state index contributed by atoms with van der Waals surface area (Å²) in [6, 6.07) is 5.44. The van der Waals surface area contributed by atoms with Crippen LogP contribution in [-0.4, -0.2) is 44.3 Å². The highest BCUT2D eigenvalue weighted by Gasteiger charge is 2.24. The van der Waals surface area contributed by atoms with Gasteiger partial charge in [-0.2, -0.15) is 0 Å². The van der Waals surface area contributed by atoms with Crippen LogP contribution in [0.25, 0.3) is 0 Å². The van der Waals surface area contributed by atoms with Crippen molar-refractivity contribution in [2.24, 2.45) is 0 Å². The summed E-state index contributed by atoms with van der Waals surface area (Å²) in [5.74, 6) is 1.36. The number of hydrogen-bond acceptors (Lipinski definition) is 7. The number of sulfonamides is 1. The van der Waals surface area contributed by atoms with Crippen LogP contribution < -0.4 is 14.2 Å². The van der Waals surface area contributed by atoms with Gasteiger partial charge in [0.1, 0.15) is 10.6 Å². The lowest BCUT2D eigenvalue weighted by Crippen LogP contribution is -2.37. The molecule has 0 aliphatic carbocycles. The van der Waals surface area contributed by atoms with Crippen molar-refractivity contribution in [3.63, 3.8) is 0 Å². The zero-order chi connectivity index (χ0) is 19.6. The highest BCUT2D eigenvalue weighted by Crippen LogP contribution is 2.32. The van der Waals surface area contributed by atoms with E-state index in [-0.39, 0.29) is 36.4 Å². The third-order valence-corrected chi connectivity index (χ3v) is 5.87. The number of nitrogens with zero attached hydrogens (tertiary/aromatic N) is 2. The molecule has 0 fully saturated rings. The number of aromatic nitrogens is 1. The van der Waals surface area contributed by atoms with Crippen LogP contribution in [-0.2, 0) is 21.4 Å². The number of carbonyl (C=O) groups is 1. The van der Waals surface area contributed by atoms with Crippen molar-refractivity contribution in [1.82, 2.24) is 14.8 Å². The number of rotatable bonds is 7. The van der Waals surface area contributed by atoms with Gasteiger partial charge in [0.2, 0.25) is 22.7 Å². The van der Waals surface area contributed by atoms with Gasteiger partial charge in [0.25, 0.3) is 0 Å². The molecule has 0 spiro atoms. The summed E-state index contributed by atoms with van der Waals surface area (Å²) in [6.45, 7) is 5.33. The van der Waals surface area contributed by atoms with Crippen molar-refractivity contribution in [2.45, 2.75) is 32.2 Å². The largest absolute Gasteiger partial charge is 0.454 e. The monoisotopic (exact) mass is 395 g/mol. The van der Waals surface area contributed by atoms with E-state index in [2.05, 4.69) is 9.88 Å². The van der Waals surface area contributed by atoms with Crippen LogP contribution in [0.5, 0.6) is 11.5 Å². The maximum Gasteiger partial charge on any atom is 0.246 e. The Morgan fingerprint density at radius 2 is 2.00 bits per heavy atom. The average molecular weight is 395 g/mol. The Balaban J connectivity index is 1.63. The lowest BCUT2D eigenvalue weighted by molar-refractivity contribution is -0.129. The number of benzene rings is 1. The van der Waals surface area contributed by atoms with Gasteiger partial charge < -0.3 is 18.9 Å². The van der Waals surface area contributed by atoms with Crippen LogP contribution in [0.2, 0.25) is 0 Å². The minimum atomic E-state index is -3.76. The van der Waals surface area contributed by atoms with E-state index in [0.29, 0.717) is 23.7 Å². The highest BCUT2D eigenvalue weighted by molar-refractivity contribution is 7.89. The fourth-order valence-corrected chi connectivity index (χ4v) is 4.20. The van der Waals surface area contributed by atoms with Crippen LogP contribution in [0, 0.1) is 13.8 Å². The first-order valence-electron chi connectivity index (χ1n) is 8.34. The van der Waals surface area contributed by atoms with Crippen LogP contribution >= 0.6 is 0 Å². The van der Waals surface area contributed by atoms with Crippen LogP contribution in [0.1, 0.15) is 23.9 Å². The molecular weight excluding hydrogens is 374 g/mol. The van der Waals surface area contributed by atoms with Gasteiger partial charge >= 0.3 is 0 Å². The van der Waals surface area contributed by atoms with Crippen LogP contribution in [0.3, 0.4) is 0 Å². The van der Waals surface area contributed by atoms with E-state index in [1.165, 1.54) is 13.8 Å². The first-order valence-corrected chi connectivity index (χ1v) is 9.83. The second-order valence-corrected chi connectivity index (χ2v) is 7.88. The first-order chi connectivity index (χ1) is 12.8. The number of carbonyl (C=O) groups excluding carboxylic acids is 1. The molecule has 0 saturated carbocycles. The molecule has 10 heteroatoms. The van der Waals surface area contributed by atoms with Gasteiger partial charge in [-0.25, -0.2) is 13.1 Å². The van der Waals surface area contributed by atoms with Gasteiger partial charge in [-0.15, -0.1) is 0 Å². The summed E-state index contributed by atoms with van der Waals surface area (Å²) in [6.07, 6.45) is 0. The minimum Gasteiger partial charge on any atom is -0.454 e. The molecule has 1 aromatic carbocycles. The van der Waals surface area contributed by atoms with Crippen molar-refractivity contribution in [1.29, 1.82) is 0 Å². The molecule has 1 N–H and O–H groups in total. The van der Waals surface area contributed by atoms with E-state index in [1.807, 2.05) is 12.1 Å². The molecular formula is C17H21N3O6S. The van der Waals surface area contributed by atoms with Crippen molar-refractivity contribution in [3.8, 4) is 11.5 Å². The molecule has 9 nitrogen and oxygen atoms in total. The Morgan fingerprint density at radius 3 is 2.67 bits per heavy atom. The molecule has 2 aromatic rings. The van der Waals surface area contributed by atoms with Crippen molar-refractivity contribution >= 4 is 15.9 Å². The zero-order valence-electron chi connectivity index (χ0n) is 15.3. The summed E-state index contributed by atoms with van der Waals surface area (Å²) >= 11 is 0. The molecule has 0 radical (unpaired) electrons. The molecule has 1 aliphatic rings.